The summed E-state index contributed by atoms with van der Waals surface area (Å²) >= 11 is 0. The minimum Gasteiger partial charge on any atom is -0.381 e. The van der Waals surface area contributed by atoms with E-state index in [1.807, 2.05) is 0 Å². The Labute approximate surface area is 93.4 Å². The maximum Gasteiger partial charge on any atom is 0.159 e. The van der Waals surface area contributed by atoms with Gasteiger partial charge in [0.1, 0.15) is 0 Å². The van der Waals surface area contributed by atoms with E-state index in [1.54, 1.807) is 6.07 Å². The third-order valence-electron chi connectivity index (χ3n) is 3.03. The van der Waals surface area contributed by atoms with Gasteiger partial charge in [0, 0.05) is 12.6 Å². The molecule has 0 bridgehead atoms. The van der Waals surface area contributed by atoms with E-state index in [2.05, 4.69) is 0 Å². The number of hydrogen-bond donors (Lipinski definition) is 1. The molecule has 4 heteroatoms. The number of halogens is 2. The van der Waals surface area contributed by atoms with Gasteiger partial charge in [-0.15, -0.1) is 0 Å². The molecule has 1 aliphatic rings. The summed E-state index contributed by atoms with van der Waals surface area (Å²) in [6, 6.07) is 3.88. The van der Waals surface area contributed by atoms with E-state index in [9.17, 15) is 8.78 Å². The number of ether oxygens (including phenoxy) is 1. The molecule has 0 aliphatic carbocycles. The predicted molar refractivity (Wildman–Crippen MR) is 57.0 cm³/mol. The molecule has 1 fully saturated rings. The Morgan fingerprint density at radius 2 is 2.19 bits per heavy atom. The van der Waals surface area contributed by atoms with Gasteiger partial charge in [-0.25, -0.2) is 8.78 Å². The number of benzene rings is 1. The van der Waals surface area contributed by atoms with E-state index in [0.29, 0.717) is 18.9 Å². The summed E-state index contributed by atoms with van der Waals surface area (Å²) in [5, 5.41) is 0. The second kappa shape index (κ2) is 4.89. The summed E-state index contributed by atoms with van der Waals surface area (Å²) in [4.78, 5) is 0. The number of hydrogen-bond acceptors (Lipinski definition) is 2. The summed E-state index contributed by atoms with van der Waals surface area (Å²) in [5.41, 5.74) is 6.74. The molecule has 1 aromatic rings. The van der Waals surface area contributed by atoms with Crippen LogP contribution < -0.4 is 5.73 Å². The molecule has 2 nitrogen and oxygen atoms in total. The van der Waals surface area contributed by atoms with Crippen LogP contribution in [-0.2, 0) is 11.2 Å². The topological polar surface area (TPSA) is 35.2 Å². The molecule has 0 unspecified atom stereocenters. The molecule has 0 spiro atoms. The van der Waals surface area contributed by atoms with Gasteiger partial charge >= 0.3 is 0 Å². The second-order valence-corrected chi connectivity index (χ2v) is 4.24. The molecule has 0 amide bonds. The van der Waals surface area contributed by atoms with E-state index < -0.39 is 11.6 Å². The fourth-order valence-electron chi connectivity index (χ4n) is 2.00. The molecule has 16 heavy (non-hydrogen) atoms. The first-order valence-corrected chi connectivity index (χ1v) is 5.44. The third-order valence-corrected chi connectivity index (χ3v) is 3.03. The molecule has 0 aromatic heterocycles. The van der Waals surface area contributed by atoms with Crippen LogP contribution in [0.3, 0.4) is 0 Å². The zero-order valence-corrected chi connectivity index (χ0v) is 8.96. The van der Waals surface area contributed by atoms with Crippen LogP contribution in [0.1, 0.15) is 12.0 Å². The molecule has 2 atom stereocenters. The predicted octanol–water partition coefficient (Wildman–Crippen LogP) is 1.87. The van der Waals surface area contributed by atoms with Crippen molar-refractivity contribution in [1.29, 1.82) is 0 Å². The summed E-state index contributed by atoms with van der Waals surface area (Å²) in [5.74, 6) is -1.30. The van der Waals surface area contributed by atoms with Crippen LogP contribution >= 0.6 is 0 Å². The Morgan fingerprint density at radius 1 is 1.38 bits per heavy atom. The van der Waals surface area contributed by atoms with E-state index in [4.69, 9.17) is 10.5 Å². The molecule has 1 aromatic carbocycles. The molecule has 0 saturated carbocycles. The van der Waals surface area contributed by atoms with Crippen LogP contribution in [0.2, 0.25) is 0 Å². The van der Waals surface area contributed by atoms with Gasteiger partial charge in [0.25, 0.3) is 0 Å². The minimum atomic E-state index is -0.818. The quantitative estimate of drug-likeness (QED) is 0.855. The molecular weight excluding hydrogens is 212 g/mol. The standard InChI is InChI=1S/C12H15F2NO/c13-10-2-1-8(5-11(10)14)6-12(15)9-3-4-16-7-9/h1-2,5,9,12H,3-4,6-7,15H2/t9-,12+/m0/s1. The Bertz CT molecular complexity index is 364. The highest BCUT2D eigenvalue weighted by molar-refractivity contribution is 5.19. The van der Waals surface area contributed by atoms with Crippen LogP contribution in [0, 0.1) is 17.6 Å². The molecular formula is C12H15F2NO. The Hall–Kier alpha value is -1.00. The highest BCUT2D eigenvalue weighted by Gasteiger charge is 2.23. The van der Waals surface area contributed by atoms with Crippen molar-refractivity contribution < 1.29 is 13.5 Å². The van der Waals surface area contributed by atoms with Crippen molar-refractivity contribution in [2.24, 2.45) is 11.7 Å². The maximum absolute atomic E-state index is 13.0. The van der Waals surface area contributed by atoms with Gasteiger partial charge in [-0.2, -0.15) is 0 Å². The second-order valence-electron chi connectivity index (χ2n) is 4.24. The van der Waals surface area contributed by atoms with Gasteiger partial charge in [0.2, 0.25) is 0 Å². The van der Waals surface area contributed by atoms with Crippen LogP contribution in [0.4, 0.5) is 8.78 Å². The van der Waals surface area contributed by atoms with Gasteiger partial charge in [0.05, 0.1) is 6.61 Å². The van der Waals surface area contributed by atoms with Gasteiger partial charge in [-0.1, -0.05) is 6.07 Å². The third kappa shape index (κ3) is 2.57. The maximum atomic E-state index is 13.0. The Balaban J connectivity index is 1.99. The molecule has 0 radical (unpaired) electrons. The SMILES string of the molecule is N[C@H](Cc1ccc(F)c(F)c1)[C@H]1CCOC1. The Morgan fingerprint density at radius 3 is 2.81 bits per heavy atom. The lowest BCUT2D eigenvalue weighted by molar-refractivity contribution is 0.180. The molecule has 1 aliphatic heterocycles. The lowest BCUT2D eigenvalue weighted by Crippen LogP contribution is -2.32. The fraction of sp³-hybridized carbons (Fsp3) is 0.500. The van der Waals surface area contributed by atoms with Crippen molar-refractivity contribution in [3.05, 3.63) is 35.4 Å². The van der Waals surface area contributed by atoms with E-state index in [-0.39, 0.29) is 6.04 Å². The van der Waals surface area contributed by atoms with Crippen LogP contribution in [0.5, 0.6) is 0 Å². The van der Waals surface area contributed by atoms with Crippen LogP contribution in [0.25, 0.3) is 0 Å². The zero-order valence-electron chi connectivity index (χ0n) is 8.96. The molecule has 88 valence electrons. The van der Waals surface area contributed by atoms with Gasteiger partial charge in [-0.3, -0.25) is 0 Å². The summed E-state index contributed by atoms with van der Waals surface area (Å²) in [6.45, 7) is 1.42. The summed E-state index contributed by atoms with van der Waals surface area (Å²) in [6.07, 6.45) is 1.51. The highest BCUT2D eigenvalue weighted by Crippen LogP contribution is 2.19. The number of rotatable bonds is 3. The van der Waals surface area contributed by atoms with Crippen molar-refractivity contribution in [3.8, 4) is 0 Å². The van der Waals surface area contributed by atoms with Gasteiger partial charge in [0.15, 0.2) is 11.6 Å². The van der Waals surface area contributed by atoms with E-state index in [1.165, 1.54) is 6.07 Å². The average molecular weight is 227 g/mol. The molecule has 2 N–H and O–H groups in total. The molecule has 1 heterocycles. The normalized spacial score (nSPS) is 22.3. The lowest BCUT2D eigenvalue weighted by atomic mass is 9.94. The van der Waals surface area contributed by atoms with Crippen molar-refractivity contribution in [2.75, 3.05) is 13.2 Å². The average Bonchev–Trinajstić information content (AvgIpc) is 2.77. The first-order valence-electron chi connectivity index (χ1n) is 5.44. The first-order chi connectivity index (χ1) is 7.66. The highest BCUT2D eigenvalue weighted by atomic mass is 19.2. The van der Waals surface area contributed by atoms with Crippen LogP contribution in [-0.4, -0.2) is 19.3 Å². The monoisotopic (exact) mass is 227 g/mol. The van der Waals surface area contributed by atoms with Crippen molar-refractivity contribution >= 4 is 0 Å². The Kier molecular flexibility index (Phi) is 3.51. The zero-order chi connectivity index (χ0) is 11.5. The van der Waals surface area contributed by atoms with Gasteiger partial charge < -0.3 is 10.5 Å². The van der Waals surface area contributed by atoms with Gasteiger partial charge in [-0.05, 0) is 36.5 Å². The van der Waals surface area contributed by atoms with Crippen LogP contribution in [0.15, 0.2) is 18.2 Å². The smallest absolute Gasteiger partial charge is 0.159 e. The minimum absolute atomic E-state index is 0.0487. The number of nitrogens with two attached hydrogens (primary N) is 1. The summed E-state index contributed by atoms with van der Waals surface area (Å²) in [7, 11) is 0. The van der Waals surface area contributed by atoms with Crippen molar-refractivity contribution in [3.63, 3.8) is 0 Å². The van der Waals surface area contributed by atoms with E-state index in [0.717, 1.165) is 24.7 Å². The summed E-state index contributed by atoms with van der Waals surface area (Å²) < 4.78 is 30.9. The fourth-order valence-corrected chi connectivity index (χ4v) is 2.00. The van der Waals surface area contributed by atoms with Crippen molar-refractivity contribution in [2.45, 2.75) is 18.9 Å². The molecule has 1 saturated heterocycles. The largest absolute Gasteiger partial charge is 0.381 e. The van der Waals surface area contributed by atoms with E-state index >= 15 is 0 Å². The first kappa shape index (κ1) is 11.5. The van der Waals surface area contributed by atoms with Crippen molar-refractivity contribution in [1.82, 2.24) is 0 Å². The lowest BCUT2D eigenvalue weighted by Gasteiger charge is -2.17. The molecule has 2 rings (SSSR count).